The molecule has 0 radical (unpaired) electrons. The van der Waals surface area contributed by atoms with Gasteiger partial charge >= 0.3 is 6.36 Å². The van der Waals surface area contributed by atoms with Crippen LogP contribution in [0.5, 0.6) is 5.75 Å². The number of rotatable bonds is 3. The Morgan fingerprint density at radius 3 is 2.65 bits per heavy atom. The zero-order valence-corrected chi connectivity index (χ0v) is 10.4. The highest BCUT2D eigenvalue weighted by atomic mass is 79.9. The van der Waals surface area contributed by atoms with Gasteiger partial charge in [-0.25, -0.2) is 0 Å². The van der Waals surface area contributed by atoms with E-state index in [1.165, 1.54) is 13.1 Å². The first-order chi connectivity index (χ1) is 7.89. The smallest absolute Gasteiger partial charge is 0.404 e. The summed E-state index contributed by atoms with van der Waals surface area (Å²) in [6.45, 7) is 1.42. The molecule has 0 unspecified atom stereocenters. The number of aromatic nitrogens is 1. The first kappa shape index (κ1) is 13.8. The SMILES string of the molecule is Cc1ncc(CC#N)c(CBr)c1OC(F)(F)F. The van der Waals surface area contributed by atoms with Crippen LogP contribution in [0.25, 0.3) is 0 Å². The molecule has 0 bridgehead atoms. The minimum absolute atomic E-state index is 0.0115. The van der Waals surface area contributed by atoms with Crippen molar-refractivity contribution in [1.29, 1.82) is 5.26 Å². The van der Waals surface area contributed by atoms with E-state index in [0.717, 1.165) is 0 Å². The van der Waals surface area contributed by atoms with Crippen molar-refractivity contribution in [3.8, 4) is 11.8 Å². The molecule has 0 aliphatic rings. The molecule has 0 aromatic carbocycles. The number of aryl methyl sites for hydroxylation is 1. The van der Waals surface area contributed by atoms with Crippen LogP contribution in [-0.4, -0.2) is 11.3 Å². The summed E-state index contributed by atoms with van der Waals surface area (Å²) >= 11 is 3.09. The first-order valence-electron chi connectivity index (χ1n) is 4.55. The fourth-order valence-corrected chi connectivity index (χ4v) is 1.93. The Hall–Kier alpha value is -1.29. The number of nitrogens with zero attached hydrogens (tertiary/aromatic N) is 2. The third-order valence-electron chi connectivity index (χ3n) is 2.03. The van der Waals surface area contributed by atoms with E-state index in [1.54, 1.807) is 0 Å². The maximum atomic E-state index is 12.2. The fraction of sp³-hybridized carbons (Fsp3) is 0.400. The first-order valence-corrected chi connectivity index (χ1v) is 5.67. The van der Waals surface area contributed by atoms with Crippen LogP contribution in [0.3, 0.4) is 0 Å². The molecule has 3 nitrogen and oxygen atoms in total. The van der Waals surface area contributed by atoms with E-state index in [2.05, 4.69) is 25.7 Å². The maximum absolute atomic E-state index is 12.2. The Kier molecular flexibility index (Phi) is 4.34. The second-order valence-corrected chi connectivity index (χ2v) is 3.75. The average Bonchev–Trinajstić information content (AvgIpc) is 2.22. The Morgan fingerprint density at radius 1 is 1.53 bits per heavy atom. The van der Waals surface area contributed by atoms with Gasteiger partial charge in [0.15, 0.2) is 5.75 Å². The third-order valence-corrected chi connectivity index (χ3v) is 2.59. The summed E-state index contributed by atoms with van der Waals surface area (Å²) in [6, 6.07) is 1.87. The minimum atomic E-state index is -4.77. The second-order valence-electron chi connectivity index (χ2n) is 3.19. The van der Waals surface area contributed by atoms with Gasteiger partial charge in [0.1, 0.15) is 0 Å². The fourth-order valence-electron chi connectivity index (χ4n) is 1.31. The summed E-state index contributed by atoms with van der Waals surface area (Å²) in [4.78, 5) is 3.79. The van der Waals surface area contributed by atoms with Gasteiger partial charge in [0.2, 0.25) is 0 Å². The zero-order valence-electron chi connectivity index (χ0n) is 8.81. The summed E-state index contributed by atoms with van der Waals surface area (Å²) in [5, 5.41) is 8.74. The monoisotopic (exact) mass is 308 g/mol. The Balaban J connectivity index is 3.26. The van der Waals surface area contributed by atoms with Gasteiger partial charge in [0, 0.05) is 17.1 Å². The highest BCUT2D eigenvalue weighted by Gasteiger charge is 2.33. The average molecular weight is 309 g/mol. The molecule has 1 aromatic heterocycles. The molecule has 1 rings (SSSR count). The number of ether oxygens (including phenoxy) is 1. The molecule has 7 heteroatoms. The lowest BCUT2D eigenvalue weighted by Gasteiger charge is -2.16. The van der Waals surface area contributed by atoms with Gasteiger partial charge in [-0.15, -0.1) is 13.2 Å². The minimum Gasteiger partial charge on any atom is -0.404 e. The van der Waals surface area contributed by atoms with Crippen LogP contribution >= 0.6 is 15.9 Å². The van der Waals surface area contributed by atoms with Crippen molar-refractivity contribution in [1.82, 2.24) is 4.98 Å². The van der Waals surface area contributed by atoms with E-state index in [4.69, 9.17) is 5.26 Å². The largest absolute Gasteiger partial charge is 0.573 e. The number of hydrogen-bond acceptors (Lipinski definition) is 3. The molecule has 0 fully saturated rings. The van der Waals surface area contributed by atoms with Crippen molar-refractivity contribution in [2.24, 2.45) is 0 Å². The number of hydrogen-bond donors (Lipinski definition) is 0. The van der Waals surface area contributed by atoms with Gasteiger partial charge < -0.3 is 4.74 Å². The van der Waals surface area contributed by atoms with E-state index >= 15 is 0 Å². The molecule has 0 saturated carbocycles. The van der Waals surface area contributed by atoms with Crippen LogP contribution in [0.1, 0.15) is 16.8 Å². The van der Waals surface area contributed by atoms with E-state index in [1.807, 2.05) is 6.07 Å². The Morgan fingerprint density at radius 2 is 2.18 bits per heavy atom. The Labute approximate surface area is 104 Å². The van der Waals surface area contributed by atoms with Crippen LogP contribution in [0, 0.1) is 18.3 Å². The van der Waals surface area contributed by atoms with E-state index < -0.39 is 6.36 Å². The van der Waals surface area contributed by atoms with Gasteiger partial charge in [0.05, 0.1) is 18.2 Å². The summed E-state index contributed by atoms with van der Waals surface area (Å²) < 4.78 is 40.6. The highest BCUT2D eigenvalue weighted by molar-refractivity contribution is 9.08. The molecule has 0 spiro atoms. The molecule has 0 amide bonds. The van der Waals surface area contributed by atoms with Gasteiger partial charge in [-0.05, 0) is 12.5 Å². The van der Waals surface area contributed by atoms with Crippen LogP contribution in [0.2, 0.25) is 0 Å². The molecule has 0 saturated heterocycles. The van der Waals surface area contributed by atoms with Crippen molar-refractivity contribution in [3.05, 3.63) is 23.0 Å². The van der Waals surface area contributed by atoms with E-state index in [9.17, 15) is 13.2 Å². The van der Waals surface area contributed by atoms with Gasteiger partial charge in [-0.1, -0.05) is 15.9 Å². The van der Waals surface area contributed by atoms with Gasteiger partial charge in [-0.3, -0.25) is 4.98 Å². The molecule has 0 aliphatic heterocycles. The summed E-state index contributed by atoms with van der Waals surface area (Å²) in [7, 11) is 0. The number of alkyl halides is 4. The second kappa shape index (κ2) is 5.36. The van der Waals surface area contributed by atoms with Gasteiger partial charge in [0.25, 0.3) is 0 Å². The highest BCUT2D eigenvalue weighted by Crippen LogP contribution is 2.32. The third kappa shape index (κ3) is 3.60. The number of pyridine rings is 1. The molecule has 17 heavy (non-hydrogen) atoms. The lowest BCUT2D eigenvalue weighted by molar-refractivity contribution is -0.275. The van der Waals surface area contributed by atoms with Gasteiger partial charge in [-0.2, -0.15) is 5.26 Å². The summed E-state index contributed by atoms with van der Waals surface area (Å²) in [5.41, 5.74) is 0.865. The van der Waals surface area contributed by atoms with E-state index in [0.29, 0.717) is 11.1 Å². The van der Waals surface area contributed by atoms with Crippen LogP contribution < -0.4 is 4.74 Å². The quantitative estimate of drug-likeness (QED) is 0.805. The molecule has 92 valence electrons. The molecular weight excluding hydrogens is 301 g/mol. The molecule has 0 N–H and O–H groups in total. The van der Waals surface area contributed by atoms with Crippen molar-refractivity contribution in [3.63, 3.8) is 0 Å². The topological polar surface area (TPSA) is 45.9 Å². The number of nitriles is 1. The molecule has 0 atom stereocenters. The molecule has 1 heterocycles. The molecular formula is C10H8BrF3N2O. The van der Waals surface area contributed by atoms with Crippen LogP contribution in [-0.2, 0) is 11.8 Å². The van der Waals surface area contributed by atoms with Crippen molar-refractivity contribution in [2.45, 2.75) is 25.0 Å². The van der Waals surface area contributed by atoms with E-state index in [-0.39, 0.29) is 23.2 Å². The van der Waals surface area contributed by atoms with Crippen molar-refractivity contribution >= 4 is 15.9 Å². The standard InChI is InChI=1S/C10H8BrF3N2O/c1-6-9(17-10(12,13)14)8(4-11)7(2-3-15)5-16-6/h5H,2,4H2,1H3. The maximum Gasteiger partial charge on any atom is 0.573 e. The normalized spacial score (nSPS) is 11.1. The lowest BCUT2D eigenvalue weighted by Crippen LogP contribution is -2.19. The lowest BCUT2D eigenvalue weighted by atomic mass is 10.1. The number of halogens is 4. The summed E-state index contributed by atoms with van der Waals surface area (Å²) in [5.74, 6) is -0.331. The predicted octanol–water partition coefficient (Wildman–Crippen LogP) is 3.25. The van der Waals surface area contributed by atoms with Crippen molar-refractivity contribution < 1.29 is 17.9 Å². The zero-order chi connectivity index (χ0) is 13.1. The van der Waals surface area contributed by atoms with Crippen LogP contribution in [0.15, 0.2) is 6.20 Å². The van der Waals surface area contributed by atoms with Crippen molar-refractivity contribution in [2.75, 3.05) is 0 Å². The predicted molar refractivity (Wildman–Crippen MR) is 57.6 cm³/mol. The Bertz CT molecular complexity index is 454. The van der Waals surface area contributed by atoms with Crippen LogP contribution in [0.4, 0.5) is 13.2 Å². The molecule has 1 aromatic rings. The summed E-state index contributed by atoms with van der Waals surface area (Å²) in [6.07, 6.45) is -3.39. The molecule has 0 aliphatic carbocycles.